The second-order valence-electron chi connectivity index (χ2n) is 7.15. The number of aromatic nitrogens is 4. The second kappa shape index (κ2) is 6.96. The van der Waals surface area contributed by atoms with E-state index in [9.17, 15) is 9.59 Å². The van der Waals surface area contributed by atoms with Gasteiger partial charge in [-0.3, -0.25) is 13.9 Å². The lowest BCUT2D eigenvalue weighted by Crippen LogP contribution is -2.37. The highest BCUT2D eigenvalue weighted by Crippen LogP contribution is 2.36. The molecule has 27 heavy (non-hydrogen) atoms. The number of rotatable bonds is 3. The van der Waals surface area contributed by atoms with Crippen LogP contribution in [0.4, 0.5) is 0 Å². The fraction of sp³-hybridized carbons (Fsp3) is 0.400. The summed E-state index contributed by atoms with van der Waals surface area (Å²) in [5.41, 5.74) is 1.69. The number of hydrogen-bond donors (Lipinski definition) is 0. The van der Waals surface area contributed by atoms with E-state index < -0.39 is 0 Å². The summed E-state index contributed by atoms with van der Waals surface area (Å²) in [5.74, 6) is 0.551. The fourth-order valence-electron chi connectivity index (χ4n) is 3.59. The van der Waals surface area contributed by atoms with E-state index in [2.05, 4.69) is 4.98 Å². The molecule has 0 N–H and O–H groups in total. The Kier molecular flexibility index (Phi) is 4.63. The van der Waals surface area contributed by atoms with Crippen molar-refractivity contribution in [1.82, 2.24) is 19.1 Å². The van der Waals surface area contributed by atoms with Crippen LogP contribution in [0.3, 0.4) is 0 Å². The minimum atomic E-state index is -0.377. The van der Waals surface area contributed by atoms with E-state index in [4.69, 9.17) is 4.98 Å². The van der Waals surface area contributed by atoms with Crippen LogP contribution in [0.25, 0.3) is 22.4 Å². The van der Waals surface area contributed by atoms with Crippen molar-refractivity contribution in [3.8, 4) is 11.4 Å². The third kappa shape index (κ3) is 3.20. The second-order valence-corrected chi connectivity index (χ2v) is 8.44. The molecular formula is C20H22N4O2S. The maximum Gasteiger partial charge on any atom is 0.332 e. The van der Waals surface area contributed by atoms with Gasteiger partial charge in [-0.15, -0.1) is 11.8 Å². The molecule has 0 amide bonds. The van der Waals surface area contributed by atoms with Crippen molar-refractivity contribution in [1.29, 1.82) is 0 Å². The van der Waals surface area contributed by atoms with Crippen molar-refractivity contribution >= 4 is 22.8 Å². The summed E-state index contributed by atoms with van der Waals surface area (Å²) in [6.45, 7) is 2.02. The molecule has 1 aliphatic carbocycles. The predicted molar refractivity (Wildman–Crippen MR) is 108 cm³/mol. The molecule has 0 aliphatic heterocycles. The molecule has 1 saturated carbocycles. The molecule has 1 aliphatic rings. The van der Waals surface area contributed by atoms with Gasteiger partial charge < -0.3 is 0 Å². The molecule has 3 aromatic rings. The van der Waals surface area contributed by atoms with E-state index in [0.29, 0.717) is 27.1 Å². The summed E-state index contributed by atoms with van der Waals surface area (Å²) in [4.78, 5) is 34.7. The molecule has 1 aromatic carbocycles. The van der Waals surface area contributed by atoms with E-state index in [1.54, 1.807) is 18.8 Å². The third-order valence-electron chi connectivity index (χ3n) is 5.12. The van der Waals surface area contributed by atoms with Crippen molar-refractivity contribution in [2.75, 3.05) is 0 Å². The van der Waals surface area contributed by atoms with Crippen LogP contribution >= 0.6 is 11.8 Å². The van der Waals surface area contributed by atoms with Crippen LogP contribution in [0.15, 0.2) is 38.9 Å². The Balaban J connectivity index is 2.01. The Morgan fingerprint density at radius 2 is 1.81 bits per heavy atom. The molecule has 0 bridgehead atoms. The van der Waals surface area contributed by atoms with Gasteiger partial charge in [0.2, 0.25) is 0 Å². The number of hydrogen-bond acceptors (Lipinski definition) is 5. The topological polar surface area (TPSA) is 69.8 Å². The molecule has 0 saturated heterocycles. The fourth-order valence-corrected chi connectivity index (χ4v) is 4.91. The Labute approximate surface area is 161 Å². The first-order valence-electron chi connectivity index (χ1n) is 9.17. The number of thioether (sulfide) groups is 1. The van der Waals surface area contributed by atoms with Gasteiger partial charge in [-0.25, -0.2) is 14.8 Å². The summed E-state index contributed by atoms with van der Waals surface area (Å²) in [6, 6.07) is 7.96. The van der Waals surface area contributed by atoms with Crippen LogP contribution in [0.2, 0.25) is 0 Å². The molecule has 6 nitrogen and oxygen atoms in total. The molecule has 140 valence electrons. The average Bonchev–Trinajstić information content (AvgIpc) is 3.17. The number of benzene rings is 1. The van der Waals surface area contributed by atoms with Gasteiger partial charge in [0.25, 0.3) is 5.56 Å². The first-order chi connectivity index (χ1) is 13.0. The SMILES string of the molecule is Cc1cccc(-c2nc(SC3CCCC3)c3c(=O)n(C)c(=O)n(C)c3n2)c1. The van der Waals surface area contributed by atoms with Crippen LogP contribution in [0.1, 0.15) is 31.2 Å². The minimum Gasteiger partial charge on any atom is -0.280 e. The van der Waals surface area contributed by atoms with Crippen molar-refractivity contribution in [3.63, 3.8) is 0 Å². The van der Waals surface area contributed by atoms with Gasteiger partial charge in [-0.1, -0.05) is 36.6 Å². The quantitative estimate of drug-likeness (QED) is 0.651. The van der Waals surface area contributed by atoms with Crippen molar-refractivity contribution in [3.05, 3.63) is 50.7 Å². The lowest BCUT2D eigenvalue weighted by atomic mass is 10.1. The molecule has 0 unspecified atom stereocenters. The lowest BCUT2D eigenvalue weighted by molar-refractivity contribution is 0.703. The van der Waals surface area contributed by atoms with Gasteiger partial charge in [0.05, 0.1) is 0 Å². The Hall–Kier alpha value is -2.41. The summed E-state index contributed by atoms with van der Waals surface area (Å²) in [6.07, 6.45) is 4.67. The number of fused-ring (bicyclic) bond motifs is 1. The number of aryl methyl sites for hydroxylation is 2. The zero-order valence-corrected chi connectivity index (χ0v) is 16.5. The minimum absolute atomic E-state index is 0.329. The smallest absolute Gasteiger partial charge is 0.280 e. The molecule has 2 heterocycles. The number of nitrogens with zero attached hydrogens (tertiary/aromatic N) is 4. The molecule has 7 heteroatoms. The first-order valence-corrected chi connectivity index (χ1v) is 10.0. The van der Waals surface area contributed by atoms with Gasteiger partial charge >= 0.3 is 5.69 Å². The standard InChI is InChI=1S/C20H22N4O2S/c1-12-7-6-8-13(11-12)16-21-17-15(19(25)24(3)20(26)23(17)2)18(22-16)27-14-9-4-5-10-14/h6-8,11,14H,4-5,9-10H2,1-3H3. The first kappa shape index (κ1) is 18.0. The van der Waals surface area contributed by atoms with Crippen LogP contribution in [-0.2, 0) is 14.1 Å². The molecule has 2 aromatic heterocycles. The lowest BCUT2D eigenvalue weighted by Gasteiger charge is -2.14. The van der Waals surface area contributed by atoms with Crippen LogP contribution in [0.5, 0.6) is 0 Å². The summed E-state index contributed by atoms with van der Waals surface area (Å²) in [5, 5.41) is 1.57. The molecule has 4 rings (SSSR count). The monoisotopic (exact) mass is 382 g/mol. The maximum absolute atomic E-state index is 12.9. The van der Waals surface area contributed by atoms with Gasteiger partial charge in [-0.05, 0) is 25.8 Å². The molecule has 0 spiro atoms. The zero-order chi connectivity index (χ0) is 19.1. The Morgan fingerprint density at radius 3 is 2.52 bits per heavy atom. The highest BCUT2D eigenvalue weighted by Gasteiger charge is 2.23. The van der Waals surface area contributed by atoms with Gasteiger partial charge in [0.15, 0.2) is 11.5 Å². The predicted octanol–water partition coefficient (Wildman–Crippen LogP) is 3.04. The molecular weight excluding hydrogens is 360 g/mol. The van der Waals surface area contributed by atoms with Gasteiger partial charge in [-0.2, -0.15) is 0 Å². The maximum atomic E-state index is 12.9. The van der Waals surface area contributed by atoms with Gasteiger partial charge in [0, 0.05) is 24.9 Å². The average molecular weight is 382 g/mol. The normalized spacial score (nSPS) is 14.9. The van der Waals surface area contributed by atoms with Crippen LogP contribution in [-0.4, -0.2) is 24.4 Å². The van der Waals surface area contributed by atoms with Crippen molar-refractivity contribution < 1.29 is 0 Å². The van der Waals surface area contributed by atoms with Gasteiger partial charge in [0.1, 0.15) is 10.4 Å². The summed E-state index contributed by atoms with van der Waals surface area (Å²) >= 11 is 1.65. The molecule has 0 atom stereocenters. The Bertz CT molecular complexity index is 1140. The summed E-state index contributed by atoms with van der Waals surface area (Å²) < 4.78 is 2.58. The molecule has 1 fully saturated rings. The third-order valence-corrected chi connectivity index (χ3v) is 6.45. The highest BCUT2D eigenvalue weighted by atomic mass is 32.2. The van der Waals surface area contributed by atoms with E-state index >= 15 is 0 Å². The van der Waals surface area contributed by atoms with Crippen molar-refractivity contribution in [2.24, 2.45) is 14.1 Å². The van der Waals surface area contributed by atoms with E-state index in [0.717, 1.165) is 28.5 Å². The van der Waals surface area contributed by atoms with E-state index in [1.807, 2.05) is 31.2 Å². The highest BCUT2D eigenvalue weighted by molar-refractivity contribution is 8.00. The van der Waals surface area contributed by atoms with E-state index in [1.165, 1.54) is 24.5 Å². The largest absolute Gasteiger partial charge is 0.332 e. The zero-order valence-electron chi connectivity index (χ0n) is 15.7. The van der Waals surface area contributed by atoms with Crippen LogP contribution in [0, 0.1) is 6.92 Å². The summed E-state index contributed by atoms with van der Waals surface area (Å²) in [7, 11) is 3.16. The van der Waals surface area contributed by atoms with Crippen molar-refractivity contribution in [2.45, 2.75) is 42.9 Å². The van der Waals surface area contributed by atoms with E-state index in [-0.39, 0.29) is 11.2 Å². The van der Waals surface area contributed by atoms with Crippen LogP contribution < -0.4 is 11.2 Å². The Morgan fingerprint density at radius 1 is 1.07 bits per heavy atom. The molecule has 0 radical (unpaired) electrons.